The van der Waals surface area contributed by atoms with Crippen molar-refractivity contribution in [1.29, 1.82) is 0 Å². The third-order valence-corrected chi connectivity index (χ3v) is 5.40. The fourth-order valence-electron chi connectivity index (χ4n) is 2.26. The minimum atomic E-state index is -3.36. The van der Waals surface area contributed by atoms with E-state index >= 15 is 0 Å². The fourth-order valence-corrected chi connectivity index (χ4v) is 3.74. The van der Waals surface area contributed by atoms with Crippen LogP contribution in [-0.4, -0.2) is 26.8 Å². The van der Waals surface area contributed by atoms with Crippen molar-refractivity contribution in [3.63, 3.8) is 0 Å². The summed E-state index contributed by atoms with van der Waals surface area (Å²) in [6.07, 6.45) is 4.00. The topological polar surface area (TPSA) is 58.2 Å². The van der Waals surface area contributed by atoms with Gasteiger partial charge in [0.05, 0.1) is 21.5 Å². The van der Waals surface area contributed by atoms with Crippen LogP contribution in [0.25, 0.3) is 0 Å². The third-order valence-electron chi connectivity index (χ3n) is 3.34. The molecule has 0 spiro atoms. The van der Waals surface area contributed by atoms with E-state index < -0.39 is 10.0 Å². The maximum Gasteiger partial charge on any atom is 0.232 e. The first-order chi connectivity index (χ1) is 9.46. The number of halogens is 2. The molecule has 20 heavy (non-hydrogen) atoms. The molecule has 0 amide bonds. The van der Waals surface area contributed by atoms with Gasteiger partial charge in [-0.25, -0.2) is 8.42 Å². The lowest BCUT2D eigenvalue weighted by molar-refractivity contribution is 0.393. The summed E-state index contributed by atoms with van der Waals surface area (Å²) in [6, 6.07) is 4.99. The molecule has 1 aromatic rings. The van der Waals surface area contributed by atoms with Gasteiger partial charge in [0.15, 0.2) is 0 Å². The molecule has 112 valence electrons. The second-order valence-electron chi connectivity index (χ2n) is 4.99. The molecule has 1 atom stereocenters. The molecule has 1 aliphatic heterocycles. The summed E-state index contributed by atoms with van der Waals surface area (Å²) in [5.41, 5.74) is 0.441. The monoisotopic (exact) mass is 336 g/mol. The summed E-state index contributed by atoms with van der Waals surface area (Å²) in [4.78, 5) is 0. The summed E-state index contributed by atoms with van der Waals surface area (Å²) in [7, 11) is -3.36. The van der Waals surface area contributed by atoms with E-state index in [-0.39, 0.29) is 5.75 Å². The van der Waals surface area contributed by atoms with Crippen molar-refractivity contribution >= 4 is 38.9 Å². The van der Waals surface area contributed by atoms with Gasteiger partial charge in [0.2, 0.25) is 10.0 Å². The number of piperidine rings is 1. The van der Waals surface area contributed by atoms with Crippen molar-refractivity contribution in [3.05, 3.63) is 28.2 Å². The molecule has 1 fully saturated rings. The number of hydrogen-bond acceptors (Lipinski definition) is 3. The van der Waals surface area contributed by atoms with Crippen LogP contribution in [0.2, 0.25) is 10.0 Å². The molecular formula is C13H18Cl2N2O2S. The average molecular weight is 337 g/mol. The van der Waals surface area contributed by atoms with E-state index in [1.54, 1.807) is 12.1 Å². The van der Waals surface area contributed by atoms with E-state index in [4.69, 9.17) is 23.2 Å². The lowest BCUT2D eigenvalue weighted by Crippen LogP contribution is -2.36. The zero-order valence-corrected chi connectivity index (χ0v) is 13.4. The average Bonchev–Trinajstić information content (AvgIpc) is 2.42. The summed E-state index contributed by atoms with van der Waals surface area (Å²) >= 11 is 11.7. The van der Waals surface area contributed by atoms with Gasteiger partial charge in [-0.15, -0.1) is 0 Å². The molecule has 0 bridgehead atoms. The van der Waals surface area contributed by atoms with Crippen LogP contribution >= 0.6 is 23.2 Å². The van der Waals surface area contributed by atoms with E-state index in [0.29, 0.717) is 28.2 Å². The molecule has 1 saturated heterocycles. The molecule has 0 aliphatic carbocycles. The SMILES string of the molecule is O=S(=O)(CCC1CCCCN1)Nc1ccc(Cl)c(Cl)c1. The molecule has 2 N–H and O–H groups in total. The van der Waals surface area contributed by atoms with Gasteiger partial charge in [0, 0.05) is 6.04 Å². The van der Waals surface area contributed by atoms with Crippen LogP contribution in [0.3, 0.4) is 0 Å². The Morgan fingerprint density at radius 1 is 1.25 bits per heavy atom. The minimum Gasteiger partial charge on any atom is -0.314 e. The Hall–Kier alpha value is -0.490. The van der Waals surface area contributed by atoms with Gasteiger partial charge in [0.25, 0.3) is 0 Å². The Bertz CT molecular complexity index is 557. The van der Waals surface area contributed by atoms with Crippen molar-refractivity contribution in [2.45, 2.75) is 31.7 Å². The standard InChI is InChI=1S/C13H18Cl2N2O2S/c14-12-5-4-11(9-13(12)15)17-20(18,19)8-6-10-3-1-2-7-16-10/h4-5,9-10,16-17H,1-3,6-8H2. The Labute approximate surface area is 129 Å². The molecule has 0 aromatic heterocycles. The Morgan fingerprint density at radius 3 is 2.70 bits per heavy atom. The first-order valence-corrected chi connectivity index (χ1v) is 9.06. The lowest BCUT2D eigenvalue weighted by Gasteiger charge is -2.23. The molecule has 4 nitrogen and oxygen atoms in total. The second kappa shape index (κ2) is 6.98. The predicted octanol–water partition coefficient (Wildman–Crippen LogP) is 3.27. The molecule has 1 aromatic carbocycles. The van der Waals surface area contributed by atoms with Crippen LogP contribution in [0.5, 0.6) is 0 Å². The van der Waals surface area contributed by atoms with Crippen LogP contribution in [-0.2, 0) is 10.0 Å². The molecule has 7 heteroatoms. The number of rotatable bonds is 5. The number of anilines is 1. The van der Waals surface area contributed by atoms with Crippen molar-refractivity contribution in [3.8, 4) is 0 Å². The van der Waals surface area contributed by atoms with Crippen molar-refractivity contribution in [2.24, 2.45) is 0 Å². The van der Waals surface area contributed by atoms with Gasteiger partial charge in [-0.2, -0.15) is 0 Å². The van der Waals surface area contributed by atoms with Gasteiger partial charge in [-0.1, -0.05) is 29.6 Å². The number of nitrogens with one attached hydrogen (secondary N) is 2. The zero-order chi connectivity index (χ0) is 14.6. The maximum absolute atomic E-state index is 12.0. The molecule has 1 unspecified atom stereocenters. The van der Waals surface area contributed by atoms with E-state index in [1.165, 1.54) is 12.5 Å². The zero-order valence-electron chi connectivity index (χ0n) is 11.0. The van der Waals surface area contributed by atoms with E-state index in [0.717, 1.165) is 19.4 Å². The number of sulfonamides is 1. The molecular weight excluding hydrogens is 319 g/mol. The van der Waals surface area contributed by atoms with Gasteiger partial charge >= 0.3 is 0 Å². The largest absolute Gasteiger partial charge is 0.314 e. The van der Waals surface area contributed by atoms with Gasteiger partial charge in [0.1, 0.15) is 0 Å². The fraction of sp³-hybridized carbons (Fsp3) is 0.538. The number of hydrogen-bond donors (Lipinski definition) is 2. The quantitative estimate of drug-likeness (QED) is 0.867. The highest BCUT2D eigenvalue weighted by Gasteiger charge is 2.17. The van der Waals surface area contributed by atoms with E-state index in [1.807, 2.05) is 0 Å². The van der Waals surface area contributed by atoms with Crippen molar-refractivity contribution < 1.29 is 8.42 Å². The molecule has 1 aliphatic rings. The van der Waals surface area contributed by atoms with Crippen LogP contribution in [0.1, 0.15) is 25.7 Å². The van der Waals surface area contributed by atoms with Crippen LogP contribution < -0.4 is 10.0 Å². The Balaban J connectivity index is 1.91. The molecule has 2 rings (SSSR count). The maximum atomic E-state index is 12.0. The van der Waals surface area contributed by atoms with Gasteiger partial charge < -0.3 is 5.32 Å². The molecule has 1 heterocycles. The Morgan fingerprint density at radius 2 is 2.05 bits per heavy atom. The smallest absolute Gasteiger partial charge is 0.232 e. The number of benzene rings is 1. The highest BCUT2D eigenvalue weighted by atomic mass is 35.5. The van der Waals surface area contributed by atoms with Crippen molar-refractivity contribution in [2.75, 3.05) is 17.0 Å². The van der Waals surface area contributed by atoms with E-state index in [2.05, 4.69) is 10.0 Å². The molecule has 0 saturated carbocycles. The summed E-state index contributed by atoms with van der Waals surface area (Å²) in [5, 5.41) is 4.08. The summed E-state index contributed by atoms with van der Waals surface area (Å²) < 4.78 is 26.6. The molecule has 0 radical (unpaired) electrons. The van der Waals surface area contributed by atoms with E-state index in [9.17, 15) is 8.42 Å². The Kier molecular flexibility index (Phi) is 5.55. The normalized spacial score (nSPS) is 19.8. The van der Waals surface area contributed by atoms with Crippen LogP contribution in [0.4, 0.5) is 5.69 Å². The van der Waals surface area contributed by atoms with Crippen LogP contribution in [0.15, 0.2) is 18.2 Å². The highest BCUT2D eigenvalue weighted by Crippen LogP contribution is 2.25. The van der Waals surface area contributed by atoms with Crippen LogP contribution in [0, 0.1) is 0 Å². The second-order valence-corrected chi connectivity index (χ2v) is 7.64. The minimum absolute atomic E-state index is 0.102. The predicted molar refractivity (Wildman–Crippen MR) is 84.1 cm³/mol. The summed E-state index contributed by atoms with van der Waals surface area (Å²) in [5.74, 6) is 0.102. The highest BCUT2D eigenvalue weighted by molar-refractivity contribution is 7.92. The summed E-state index contributed by atoms with van der Waals surface area (Å²) in [6.45, 7) is 0.977. The first kappa shape index (κ1) is 15.9. The van der Waals surface area contributed by atoms with Crippen molar-refractivity contribution in [1.82, 2.24) is 5.32 Å². The van der Waals surface area contributed by atoms with Gasteiger partial charge in [-0.3, -0.25) is 4.72 Å². The lowest BCUT2D eigenvalue weighted by atomic mass is 10.0. The first-order valence-electron chi connectivity index (χ1n) is 6.65. The third kappa shape index (κ3) is 4.81. The van der Waals surface area contributed by atoms with Gasteiger partial charge in [-0.05, 0) is 44.0 Å².